The molecule has 0 aliphatic rings. The molecule has 2 rings (SSSR count). The third-order valence-electron chi connectivity index (χ3n) is 2.26. The molecule has 0 radical (unpaired) electrons. The van der Waals surface area contributed by atoms with Gasteiger partial charge in [0, 0.05) is 5.02 Å². The number of thiazole rings is 1. The van der Waals surface area contributed by atoms with Gasteiger partial charge in [-0.3, -0.25) is 4.72 Å². The Labute approximate surface area is 144 Å². The standard InChI is InChI=1S/C11H9BrCl2N2O3S2/c1-2-19-10-7(12)3-6(13)4-8(10)16-21(17,18)9-5-15-11(14)20-9/h3-5,16H,2H2,1H3. The van der Waals surface area contributed by atoms with Gasteiger partial charge < -0.3 is 4.74 Å². The molecule has 10 heteroatoms. The second-order valence-corrected chi connectivity index (χ2v) is 8.55. The topological polar surface area (TPSA) is 68.3 Å². The lowest BCUT2D eigenvalue weighted by molar-refractivity contribution is 0.340. The van der Waals surface area contributed by atoms with Crippen molar-refractivity contribution in [1.29, 1.82) is 0 Å². The van der Waals surface area contributed by atoms with E-state index in [0.717, 1.165) is 11.3 Å². The number of benzene rings is 1. The average molecular weight is 432 g/mol. The van der Waals surface area contributed by atoms with Crippen molar-refractivity contribution < 1.29 is 13.2 Å². The zero-order chi connectivity index (χ0) is 15.6. The lowest BCUT2D eigenvalue weighted by atomic mass is 10.3. The van der Waals surface area contributed by atoms with Gasteiger partial charge in [-0.25, -0.2) is 13.4 Å². The van der Waals surface area contributed by atoms with E-state index in [1.165, 1.54) is 12.3 Å². The quantitative estimate of drug-likeness (QED) is 0.760. The molecule has 1 heterocycles. The number of anilines is 1. The zero-order valence-corrected chi connectivity index (χ0v) is 15.3. The van der Waals surface area contributed by atoms with Crippen molar-refractivity contribution in [3.8, 4) is 5.75 Å². The maximum atomic E-state index is 12.3. The number of nitrogens with zero attached hydrogens (tertiary/aromatic N) is 1. The predicted octanol–water partition coefficient (Wildman–Crippen LogP) is 4.41. The largest absolute Gasteiger partial charge is 0.490 e. The summed E-state index contributed by atoms with van der Waals surface area (Å²) in [6.07, 6.45) is 1.19. The van der Waals surface area contributed by atoms with Gasteiger partial charge in [-0.05, 0) is 35.0 Å². The predicted molar refractivity (Wildman–Crippen MR) is 88.3 cm³/mol. The number of nitrogens with one attached hydrogen (secondary N) is 1. The first kappa shape index (κ1) is 16.8. The third-order valence-corrected chi connectivity index (χ3v) is 6.01. The van der Waals surface area contributed by atoms with E-state index in [1.807, 2.05) is 0 Å². The van der Waals surface area contributed by atoms with Crippen LogP contribution in [0.1, 0.15) is 6.92 Å². The molecule has 5 nitrogen and oxygen atoms in total. The van der Waals surface area contributed by atoms with Crippen LogP contribution in [-0.2, 0) is 10.0 Å². The van der Waals surface area contributed by atoms with Gasteiger partial charge in [0.15, 0.2) is 14.4 Å². The highest BCUT2D eigenvalue weighted by Gasteiger charge is 2.21. The van der Waals surface area contributed by atoms with Crippen LogP contribution in [0, 0.1) is 0 Å². The summed E-state index contributed by atoms with van der Waals surface area (Å²) >= 11 is 15.8. The molecular formula is C11H9BrCl2N2O3S2. The van der Waals surface area contributed by atoms with Crippen LogP contribution in [0.4, 0.5) is 5.69 Å². The maximum absolute atomic E-state index is 12.3. The molecule has 0 amide bonds. The summed E-state index contributed by atoms with van der Waals surface area (Å²) in [5, 5.41) is 0.366. The first-order valence-electron chi connectivity index (χ1n) is 5.59. The Morgan fingerprint density at radius 3 is 2.71 bits per heavy atom. The van der Waals surface area contributed by atoms with E-state index in [9.17, 15) is 8.42 Å². The molecule has 1 aromatic heterocycles. The van der Waals surface area contributed by atoms with Crippen molar-refractivity contribution in [3.63, 3.8) is 0 Å². The van der Waals surface area contributed by atoms with Crippen molar-refractivity contribution >= 4 is 66.2 Å². The normalized spacial score (nSPS) is 11.4. The molecule has 0 spiro atoms. The summed E-state index contributed by atoms with van der Waals surface area (Å²) in [7, 11) is -3.80. The van der Waals surface area contributed by atoms with Crippen molar-refractivity contribution in [2.45, 2.75) is 11.1 Å². The molecule has 2 aromatic rings. The molecule has 0 atom stereocenters. The summed E-state index contributed by atoms with van der Waals surface area (Å²) in [6, 6.07) is 3.09. The van der Waals surface area contributed by atoms with Crippen LogP contribution >= 0.6 is 50.5 Å². The first-order valence-corrected chi connectivity index (χ1v) is 9.44. The Morgan fingerprint density at radius 1 is 1.43 bits per heavy atom. The SMILES string of the molecule is CCOc1c(Br)cc(Cl)cc1NS(=O)(=O)c1cnc(Cl)s1. The summed E-state index contributed by atoms with van der Waals surface area (Å²) in [5.41, 5.74) is 0.237. The van der Waals surface area contributed by atoms with E-state index in [0.29, 0.717) is 21.9 Å². The number of hydrogen-bond acceptors (Lipinski definition) is 5. The number of rotatable bonds is 5. The van der Waals surface area contributed by atoms with Crippen LogP contribution < -0.4 is 9.46 Å². The number of ether oxygens (including phenoxy) is 1. The molecule has 114 valence electrons. The van der Waals surface area contributed by atoms with E-state index in [2.05, 4.69) is 25.6 Å². The molecule has 0 saturated carbocycles. The van der Waals surface area contributed by atoms with Gasteiger partial charge in [0.05, 0.1) is 23.0 Å². The minimum atomic E-state index is -3.80. The Hall–Kier alpha value is -0.540. The maximum Gasteiger partial charge on any atom is 0.273 e. The van der Waals surface area contributed by atoms with Gasteiger partial charge in [-0.15, -0.1) is 0 Å². The molecule has 21 heavy (non-hydrogen) atoms. The minimum absolute atomic E-state index is 0.00560. The summed E-state index contributed by atoms with van der Waals surface area (Å²) in [6.45, 7) is 2.17. The fourth-order valence-corrected chi connectivity index (χ4v) is 4.76. The van der Waals surface area contributed by atoms with Crippen LogP contribution in [0.2, 0.25) is 9.49 Å². The van der Waals surface area contributed by atoms with E-state index in [-0.39, 0.29) is 14.4 Å². The van der Waals surface area contributed by atoms with Crippen molar-refractivity contribution in [2.75, 3.05) is 11.3 Å². The molecule has 0 saturated heterocycles. The second-order valence-electron chi connectivity index (χ2n) is 3.74. The average Bonchev–Trinajstić information content (AvgIpc) is 2.81. The number of halogens is 3. The minimum Gasteiger partial charge on any atom is -0.490 e. The van der Waals surface area contributed by atoms with Gasteiger partial charge >= 0.3 is 0 Å². The Morgan fingerprint density at radius 2 is 2.14 bits per heavy atom. The van der Waals surface area contributed by atoms with Gasteiger partial charge in [0.2, 0.25) is 0 Å². The molecule has 0 bridgehead atoms. The van der Waals surface area contributed by atoms with Gasteiger partial charge in [-0.2, -0.15) is 0 Å². The highest BCUT2D eigenvalue weighted by atomic mass is 79.9. The van der Waals surface area contributed by atoms with Crippen molar-refractivity contribution in [2.24, 2.45) is 0 Å². The smallest absolute Gasteiger partial charge is 0.273 e. The van der Waals surface area contributed by atoms with Crippen molar-refractivity contribution in [1.82, 2.24) is 4.98 Å². The summed E-state index contributed by atoms with van der Waals surface area (Å²) in [5.74, 6) is 0.362. The summed E-state index contributed by atoms with van der Waals surface area (Å²) in [4.78, 5) is 3.72. The van der Waals surface area contributed by atoms with Crippen LogP contribution in [0.5, 0.6) is 5.75 Å². The van der Waals surface area contributed by atoms with Crippen LogP contribution in [0.25, 0.3) is 0 Å². The first-order chi connectivity index (χ1) is 9.83. The molecule has 1 N–H and O–H groups in total. The fourth-order valence-electron chi connectivity index (χ4n) is 1.49. The van der Waals surface area contributed by atoms with Crippen LogP contribution in [0.15, 0.2) is 27.0 Å². The number of hydrogen-bond donors (Lipinski definition) is 1. The zero-order valence-electron chi connectivity index (χ0n) is 10.6. The number of aromatic nitrogens is 1. The lowest BCUT2D eigenvalue weighted by Gasteiger charge is -2.14. The molecule has 0 aliphatic carbocycles. The van der Waals surface area contributed by atoms with Gasteiger partial charge in [0.25, 0.3) is 10.0 Å². The van der Waals surface area contributed by atoms with E-state index in [1.54, 1.807) is 13.0 Å². The molecule has 1 aromatic carbocycles. The Bertz CT molecular complexity index is 765. The molecule has 0 fully saturated rings. The summed E-state index contributed by atoms with van der Waals surface area (Å²) < 4.78 is 33.1. The Kier molecular flexibility index (Phi) is 5.37. The van der Waals surface area contributed by atoms with Crippen molar-refractivity contribution in [3.05, 3.63) is 32.3 Å². The number of sulfonamides is 1. The van der Waals surface area contributed by atoms with Gasteiger partial charge in [-0.1, -0.05) is 34.5 Å². The van der Waals surface area contributed by atoms with E-state index in [4.69, 9.17) is 27.9 Å². The van der Waals surface area contributed by atoms with E-state index >= 15 is 0 Å². The van der Waals surface area contributed by atoms with Crippen LogP contribution in [-0.4, -0.2) is 20.0 Å². The van der Waals surface area contributed by atoms with Gasteiger partial charge in [0.1, 0.15) is 0 Å². The Balaban J connectivity index is 2.43. The molecule has 0 unspecified atom stereocenters. The molecular weight excluding hydrogens is 423 g/mol. The third kappa shape index (κ3) is 4.01. The molecule has 0 aliphatic heterocycles. The highest BCUT2D eigenvalue weighted by Crippen LogP contribution is 2.38. The van der Waals surface area contributed by atoms with Crippen LogP contribution in [0.3, 0.4) is 0 Å². The van der Waals surface area contributed by atoms with E-state index < -0.39 is 10.0 Å². The monoisotopic (exact) mass is 430 g/mol. The highest BCUT2D eigenvalue weighted by molar-refractivity contribution is 9.10. The fraction of sp³-hybridized carbons (Fsp3) is 0.182. The second kappa shape index (κ2) is 6.70. The lowest BCUT2D eigenvalue weighted by Crippen LogP contribution is -2.13.